The van der Waals surface area contributed by atoms with E-state index in [0.29, 0.717) is 46.6 Å². The average molecular weight is 377 g/mol. The molecule has 0 aliphatic carbocycles. The smallest absolute Gasteiger partial charge is 0.271 e. The summed E-state index contributed by atoms with van der Waals surface area (Å²) in [5.74, 6) is 1.33. The number of halogens is 1. The minimum atomic E-state index is -0.371. The number of benzene rings is 2. The quantitative estimate of drug-likeness (QED) is 0.560. The van der Waals surface area contributed by atoms with E-state index in [9.17, 15) is 4.79 Å². The van der Waals surface area contributed by atoms with Crippen LogP contribution in [-0.2, 0) is 0 Å². The molecule has 0 atom stereocenters. The van der Waals surface area contributed by atoms with Crippen LogP contribution in [0, 0.1) is 0 Å². The second-order valence-electron chi connectivity index (χ2n) is 5.11. The maximum absolute atomic E-state index is 12.3. The van der Waals surface area contributed by atoms with Crippen molar-refractivity contribution in [2.24, 2.45) is 5.10 Å². The molecule has 0 heterocycles. The summed E-state index contributed by atoms with van der Waals surface area (Å²) in [5.41, 5.74) is 3.55. The Morgan fingerprint density at radius 3 is 2.46 bits per heavy atom. The first-order valence-electron chi connectivity index (χ1n) is 8.15. The van der Waals surface area contributed by atoms with Gasteiger partial charge in [-0.15, -0.1) is 0 Å². The van der Waals surface area contributed by atoms with Crippen LogP contribution in [0.2, 0.25) is 5.02 Å². The minimum Gasteiger partial charge on any atom is -0.493 e. The maximum atomic E-state index is 12.3. The molecular formula is C19H21ClN2O4. The van der Waals surface area contributed by atoms with Crippen molar-refractivity contribution in [3.63, 3.8) is 0 Å². The molecule has 0 spiro atoms. The van der Waals surface area contributed by atoms with Gasteiger partial charge < -0.3 is 14.2 Å². The molecule has 138 valence electrons. The number of amides is 1. The van der Waals surface area contributed by atoms with E-state index in [1.54, 1.807) is 43.5 Å². The monoisotopic (exact) mass is 376 g/mol. The number of ether oxygens (including phenoxy) is 3. The number of carbonyl (C=O) groups is 1. The van der Waals surface area contributed by atoms with Gasteiger partial charge in [-0.3, -0.25) is 4.79 Å². The van der Waals surface area contributed by atoms with Crippen LogP contribution in [0.15, 0.2) is 41.5 Å². The van der Waals surface area contributed by atoms with Crippen molar-refractivity contribution in [1.82, 2.24) is 5.43 Å². The zero-order valence-corrected chi connectivity index (χ0v) is 15.7. The number of carbonyl (C=O) groups excluding carboxylic acids is 1. The van der Waals surface area contributed by atoms with E-state index < -0.39 is 0 Å². The first-order chi connectivity index (χ1) is 12.6. The summed E-state index contributed by atoms with van der Waals surface area (Å²) in [6.45, 7) is 4.73. The van der Waals surface area contributed by atoms with Crippen LogP contribution in [-0.4, -0.2) is 32.4 Å². The SMILES string of the molecule is CCOc1ccc(Cl)cc1/C=N/NC(=O)c1ccc(OC)c(OCC)c1. The summed E-state index contributed by atoms with van der Waals surface area (Å²) in [6.07, 6.45) is 1.49. The third-order valence-corrected chi connectivity index (χ3v) is 3.60. The lowest BCUT2D eigenvalue weighted by molar-refractivity contribution is 0.0954. The summed E-state index contributed by atoms with van der Waals surface area (Å²) in [6, 6.07) is 10.1. The standard InChI is InChI=1S/C19H21ClN2O4/c1-4-25-16-9-7-15(20)10-14(16)12-21-22-19(23)13-6-8-17(24-3)18(11-13)26-5-2/h6-12H,4-5H2,1-3H3,(H,22,23)/b21-12+. The van der Waals surface area contributed by atoms with E-state index >= 15 is 0 Å². The van der Waals surface area contributed by atoms with E-state index in [0.717, 1.165) is 0 Å². The first kappa shape index (κ1) is 19.6. The van der Waals surface area contributed by atoms with Gasteiger partial charge in [0.2, 0.25) is 0 Å². The number of hydrogen-bond donors (Lipinski definition) is 1. The average Bonchev–Trinajstić information content (AvgIpc) is 2.64. The highest BCUT2D eigenvalue weighted by Crippen LogP contribution is 2.28. The van der Waals surface area contributed by atoms with Gasteiger partial charge in [-0.25, -0.2) is 5.43 Å². The van der Waals surface area contributed by atoms with Crippen molar-refractivity contribution < 1.29 is 19.0 Å². The molecule has 0 bridgehead atoms. The topological polar surface area (TPSA) is 69.2 Å². The summed E-state index contributed by atoms with van der Waals surface area (Å²) < 4.78 is 16.2. The molecule has 0 aliphatic rings. The molecule has 0 saturated carbocycles. The van der Waals surface area contributed by atoms with Crippen molar-refractivity contribution in [3.8, 4) is 17.2 Å². The lowest BCUT2D eigenvalue weighted by atomic mass is 10.2. The molecule has 2 rings (SSSR count). The molecule has 0 aromatic heterocycles. The Balaban J connectivity index is 2.12. The Kier molecular flexibility index (Phi) is 7.29. The highest BCUT2D eigenvalue weighted by molar-refractivity contribution is 6.30. The zero-order valence-electron chi connectivity index (χ0n) is 14.9. The molecule has 26 heavy (non-hydrogen) atoms. The fraction of sp³-hybridized carbons (Fsp3) is 0.263. The van der Waals surface area contributed by atoms with Crippen LogP contribution in [0.1, 0.15) is 29.8 Å². The number of nitrogens with one attached hydrogen (secondary N) is 1. The zero-order chi connectivity index (χ0) is 18.9. The largest absolute Gasteiger partial charge is 0.493 e. The number of rotatable bonds is 8. The van der Waals surface area contributed by atoms with Gasteiger partial charge in [0.25, 0.3) is 5.91 Å². The third-order valence-electron chi connectivity index (χ3n) is 3.37. The van der Waals surface area contributed by atoms with Crippen molar-refractivity contribution in [1.29, 1.82) is 0 Å². The van der Waals surface area contributed by atoms with Gasteiger partial charge in [-0.2, -0.15) is 5.10 Å². The Labute approximate surface area is 157 Å². The van der Waals surface area contributed by atoms with Gasteiger partial charge in [0.05, 0.1) is 26.5 Å². The van der Waals surface area contributed by atoms with E-state index in [-0.39, 0.29) is 5.91 Å². The Bertz CT molecular complexity index is 793. The number of hydrogen-bond acceptors (Lipinski definition) is 5. The fourth-order valence-electron chi connectivity index (χ4n) is 2.22. The minimum absolute atomic E-state index is 0.371. The van der Waals surface area contributed by atoms with E-state index in [2.05, 4.69) is 10.5 Å². The molecule has 2 aromatic rings. The Morgan fingerprint density at radius 1 is 1.08 bits per heavy atom. The van der Waals surface area contributed by atoms with Crippen LogP contribution in [0.5, 0.6) is 17.2 Å². The van der Waals surface area contributed by atoms with E-state index in [4.69, 9.17) is 25.8 Å². The molecule has 0 saturated heterocycles. The Hall–Kier alpha value is -2.73. The van der Waals surface area contributed by atoms with Crippen LogP contribution in [0.3, 0.4) is 0 Å². The molecule has 0 aliphatic heterocycles. The van der Waals surface area contributed by atoms with Gasteiger partial charge in [0, 0.05) is 16.1 Å². The molecule has 1 N–H and O–H groups in total. The molecule has 0 fully saturated rings. The van der Waals surface area contributed by atoms with Crippen LogP contribution in [0.25, 0.3) is 0 Å². The summed E-state index contributed by atoms with van der Waals surface area (Å²) in [4.78, 5) is 12.3. The predicted octanol–water partition coefficient (Wildman–Crippen LogP) is 3.91. The molecule has 7 heteroatoms. The van der Waals surface area contributed by atoms with E-state index in [1.165, 1.54) is 6.21 Å². The van der Waals surface area contributed by atoms with Gasteiger partial charge in [-0.05, 0) is 50.2 Å². The number of methoxy groups -OCH3 is 1. The second-order valence-corrected chi connectivity index (χ2v) is 5.55. The van der Waals surface area contributed by atoms with Gasteiger partial charge in [-0.1, -0.05) is 11.6 Å². The second kappa shape index (κ2) is 9.68. The van der Waals surface area contributed by atoms with Crippen molar-refractivity contribution >= 4 is 23.7 Å². The van der Waals surface area contributed by atoms with Crippen molar-refractivity contribution in [2.45, 2.75) is 13.8 Å². The molecular weight excluding hydrogens is 356 g/mol. The van der Waals surface area contributed by atoms with Crippen molar-refractivity contribution in [3.05, 3.63) is 52.5 Å². The summed E-state index contributed by atoms with van der Waals surface area (Å²) in [5, 5.41) is 4.54. The third kappa shape index (κ3) is 5.13. The van der Waals surface area contributed by atoms with Gasteiger partial charge in [0.15, 0.2) is 11.5 Å². The molecule has 6 nitrogen and oxygen atoms in total. The normalized spacial score (nSPS) is 10.6. The number of hydrazone groups is 1. The summed E-state index contributed by atoms with van der Waals surface area (Å²) >= 11 is 6.00. The van der Waals surface area contributed by atoms with Gasteiger partial charge in [0.1, 0.15) is 5.75 Å². The van der Waals surface area contributed by atoms with Crippen LogP contribution < -0.4 is 19.6 Å². The molecule has 1 amide bonds. The highest BCUT2D eigenvalue weighted by Gasteiger charge is 2.10. The molecule has 0 unspecified atom stereocenters. The maximum Gasteiger partial charge on any atom is 0.271 e. The molecule has 0 radical (unpaired) electrons. The Morgan fingerprint density at radius 2 is 1.77 bits per heavy atom. The lowest BCUT2D eigenvalue weighted by Crippen LogP contribution is -2.17. The fourth-order valence-corrected chi connectivity index (χ4v) is 2.40. The van der Waals surface area contributed by atoms with Crippen LogP contribution >= 0.6 is 11.6 Å². The number of nitrogens with zero attached hydrogens (tertiary/aromatic N) is 1. The van der Waals surface area contributed by atoms with Gasteiger partial charge >= 0.3 is 0 Å². The molecule has 2 aromatic carbocycles. The predicted molar refractivity (Wildman–Crippen MR) is 102 cm³/mol. The highest BCUT2D eigenvalue weighted by atomic mass is 35.5. The first-order valence-corrected chi connectivity index (χ1v) is 8.53. The van der Waals surface area contributed by atoms with Crippen LogP contribution in [0.4, 0.5) is 0 Å². The lowest BCUT2D eigenvalue weighted by Gasteiger charge is -2.10. The van der Waals surface area contributed by atoms with Crippen molar-refractivity contribution in [2.75, 3.05) is 20.3 Å². The van der Waals surface area contributed by atoms with E-state index in [1.807, 2.05) is 13.8 Å². The summed E-state index contributed by atoms with van der Waals surface area (Å²) in [7, 11) is 1.54.